The van der Waals surface area contributed by atoms with Gasteiger partial charge in [0, 0.05) is 11.6 Å². The first-order valence-corrected chi connectivity index (χ1v) is 7.78. The Bertz CT molecular complexity index is 992. The largest absolute Gasteiger partial charge is 0.455 e. The van der Waals surface area contributed by atoms with Crippen LogP contribution in [0.15, 0.2) is 70.2 Å². The number of hydrazone groups is 1. The molecule has 26 heavy (non-hydrogen) atoms. The Kier molecular flexibility index (Phi) is 4.89. The highest BCUT2D eigenvalue weighted by Gasteiger charge is 2.16. The van der Waals surface area contributed by atoms with Gasteiger partial charge in [-0.2, -0.15) is 5.10 Å². The van der Waals surface area contributed by atoms with Crippen LogP contribution in [0, 0.1) is 17.0 Å². The molecule has 7 nitrogen and oxygen atoms in total. The maximum absolute atomic E-state index is 12.0. The molecule has 2 aromatic carbocycles. The van der Waals surface area contributed by atoms with E-state index in [1.807, 2.05) is 13.0 Å². The third-order valence-corrected chi connectivity index (χ3v) is 3.63. The van der Waals surface area contributed by atoms with Gasteiger partial charge in [-0.05, 0) is 37.3 Å². The molecule has 3 rings (SSSR count). The monoisotopic (exact) mass is 349 g/mol. The van der Waals surface area contributed by atoms with Gasteiger partial charge >= 0.3 is 0 Å². The van der Waals surface area contributed by atoms with Crippen molar-refractivity contribution in [2.24, 2.45) is 5.10 Å². The molecule has 0 spiro atoms. The van der Waals surface area contributed by atoms with Crippen molar-refractivity contribution in [1.29, 1.82) is 0 Å². The van der Waals surface area contributed by atoms with Crippen molar-refractivity contribution in [2.45, 2.75) is 6.92 Å². The lowest BCUT2D eigenvalue weighted by Gasteiger charge is -2.00. The van der Waals surface area contributed by atoms with Crippen LogP contribution < -0.4 is 5.43 Å². The smallest absolute Gasteiger partial charge is 0.280 e. The van der Waals surface area contributed by atoms with Gasteiger partial charge in [0.25, 0.3) is 11.6 Å². The van der Waals surface area contributed by atoms with Crippen LogP contribution in [0.25, 0.3) is 11.3 Å². The zero-order valence-corrected chi connectivity index (χ0v) is 13.9. The lowest BCUT2D eigenvalue weighted by molar-refractivity contribution is -0.384. The molecule has 0 aliphatic carbocycles. The van der Waals surface area contributed by atoms with Crippen molar-refractivity contribution in [3.8, 4) is 11.3 Å². The summed E-state index contributed by atoms with van der Waals surface area (Å²) in [5.74, 6) is 0.377. The minimum Gasteiger partial charge on any atom is -0.455 e. The van der Waals surface area contributed by atoms with E-state index in [2.05, 4.69) is 10.5 Å². The Hall–Kier alpha value is -3.74. The number of nitrogens with one attached hydrogen (secondary N) is 1. The first kappa shape index (κ1) is 17.1. The number of hydrogen-bond donors (Lipinski definition) is 1. The molecular formula is C19H15N3O4. The van der Waals surface area contributed by atoms with Crippen molar-refractivity contribution in [1.82, 2.24) is 5.43 Å². The fourth-order valence-electron chi connectivity index (χ4n) is 2.41. The summed E-state index contributed by atoms with van der Waals surface area (Å²) < 4.78 is 5.56. The topological polar surface area (TPSA) is 97.7 Å². The van der Waals surface area contributed by atoms with Crippen LogP contribution in [-0.4, -0.2) is 17.0 Å². The fraction of sp³-hybridized carbons (Fsp3) is 0.0526. The van der Waals surface area contributed by atoms with Crippen molar-refractivity contribution < 1.29 is 14.1 Å². The Morgan fingerprint density at radius 2 is 1.96 bits per heavy atom. The second-order valence-corrected chi connectivity index (χ2v) is 5.54. The number of hydrogen-bond acceptors (Lipinski definition) is 5. The lowest BCUT2D eigenvalue weighted by Crippen LogP contribution is -2.17. The summed E-state index contributed by atoms with van der Waals surface area (Å²) >= 11 is 0. The number of amides is 1. The molecule has 0 saturated carbocycles. The molecule has 0 unspecified atom stereocenters. The number of rotatable bonds is 5. The first-order valence-electron chi connectivity index (χ1n) is 7.78. The van der Waals surface area contributed by atoms with E-state index in [0.717, 1.165) is 5.56 Å². The molecule has 130 valence electrons. The Morgan fingerprint density at radius 1 is 1.15 bits per heavy atom. The van der Waals surface area contributed by atoms with Crippen LogP contribution in [0.1, 0.15) is 21.7 Å². The molecule has 0 aliphatic rings. The average molecular weight is 349 g/mol. The second kappa shape index (κ2) is 7.43. The van der Waals surface area contributed by atoms with E-state index in [1.165, 1.54) is 12.3 Å². The van der Waals surface area contributed by atoms with E-state index >= 15 is 0 Å². The molecule has 1 aromatic heterocycles. The number of benzene rings is 2. The lowest BCUT2D eigenvalue weighted by atomic mass is 10.1. The van der Waals surface area contributed by atoms with Crippen LogP contribution in [0.2, 0.25) is 0 Å². The molecule has 0 fully saturated rings. The van der Waals surface area contributed by atoms with E-state index in [-0.39, 0.29) is 11.6 Å². The Morgan fingerprint density at radius 3 is 2.73 bits per heavy atom. The zero-order valence-electron chi connectivity index (χ0n) is 13.9. The van der Waals surface area contributed by atoms with E-state index in [0.29, 0.717) is 22.6 Å². The van der Waals surface area contributed by atoms with E-state index in [4.69, 9.17) is 4.42 Å². The highest BCUT2D eigenvalue weighted by molar-refractivity contribution is 5.94. The molecule has 7 heteroatoms. The number of carbonyl (C=O) groups excluding carboxylic acids is 1. The summed E-state index contributed by atoms with van der Waals surface area (Å²) in [5.41, 5.74) is 4.22. The number of nitro benzene ring substituents is 1. The minimum absolute atomic E-state index is 0.0434. The van der Waals surface area contributed by atoms with Gasteiger partial charge in [-0.15, -0.1) is 0 Å². The van der Waals surface area contributed by atoms with Crippen molar-refractivity contribution in [3.63, 3.8) is 0 Å². The first-order chi connectivity index (χ1) is 12.5. The molecule has 0 saturated heterocycles. The van der Waals surface area contributed by atoms with Crippen LogP contribution in [0.5, 0.6) is 0 Å². The van der Waals surface area contributed by atoms with Crippen LogP contribution in [0.4, 0.5) is 5.69 Å². The van der Waals surface area contributed by atoms with Crippen molar-refractivity contribution in [3.05, 3.63) is 87.7 Å². The molecule has 0 atom stereocenters. The number of para-hydroxylation sites is 1. The number of furan rings is 1. The number of nitrogens with zero attached hydrogens (tertiary/aromatic N) is 2. The van der Waals surface area contributed by atoms with E-state index < -0.39 is 4.92 Å². The SMILES string of the molecule is Cc1cccc(C(=O)N/N=C\c2ccc(-c3ccccc3[N+](=O)[O-])o2)c1. The van der Waals surface area contributed by atoms with Crippen LogP contribution in [0.3, 0.4) is 0 Å². The summed E-state index contributed by atoms with van der Waals surface area (Å²) in [5, 5.41) is 15.0. The standard InChI is InChI=1S/C19H15N3O4/c1-13-5-4-6-14(11-13)19(23)21-20-12-15-9-10-18(26-15)16-7-2-3-8-17(16)22(24)25/h2-12H,1H3,(H,21,23)/b20-12-. The molecule has 1 amide bonds. The summed E-state index contributed by atoms with van der Waals surface area (Å²) in [4.78, 5) is 22.6. The normalized spacial score (nSPS) is 10.8. The summed E-state index contributed by atoms with van der Waals surface area (Å²) in [6.07, 6.45) is 1.34. The highest BCUT2D eigenvalue weighted by atomic mass is 16.6. The zero-order chi connectivity index (χ0) is 18.5. The third kappa shape index (κ3) is 3.84. The molecule has 0 radical (unpaired) electrons. The van der Waals surface area contributed by atoms with E-state index in [9.17, 15) is 14.9 Å². The summed E-state index contributed by atoms with van der Waals surface area (Å²) in [6, 6.07) is 16.7. The predicted molar refractivity (Wildman–Crippen MR) is 97.0 cm³/mol. The number of carbonyl (C=O) groups is 1. The van der Waals surface area contributed by atoms with Gasteiger partial charge in [0.2, 0.25) is 0 Å². The van der Waals surface area contributed by atoms with Gasteiger partial charge in [0.1, 0.15) is 11.5 Å². The molecule has 0 bridgehead atoms. The highest BCUT2D eigenvalue weighted by Crippen LogP contribution is 2.30. The van der Waals surface area contributed by atoms with Crippen LogP contribution in [-0.2, 0) is 0 Å². The summed E-state index contributed by atoms with van der Waals surface area (Å²) in [6.45, 7) is 1.90. The quantitative estimate of drug-likeness (QED) is 0.429. The molecule has 1 N–H and O–H groups in total. The molecule has 0 aliphatic heterocycles. The van der Waals surface area contributed by atoms with Crippen LogP contribution >= 0.6 is 0 Å². The van der Waals surface area contributed by atoms with Gasteiger partial charge in [-0.3, -0.25) is 14.9 Å². The minimum atomic E-state index is -0.465. The van der Waals surface area contributed by atoms with Gasteiger partial charge in [-0.25, -0.2) is 5.43 Å². The predicted octanol–water partition coefficient (Wildman–Crippen LogP) is 3.93. The molecule has 3 aromatic rings. The average Bonchev–Trinajstić information content (AvgIpc) is 3.10. The van der Waals surface area contributed by atoms with Crippen molar-refractivity contribution in [2.75, 3.05) is 0 Å². The third-order valence-electron chi connectivity index (χ3n) is 3.63. The maximum atomic E-state index is 12.0. The number of nitro groups is 1. The molecular weight excluding hydrogens is 334 g/mol. The number of aryl methyl sites for hydroxylation is 1. The van der Waals surface area contributed by atoms with Gasteiger partial charge in [-0.1, -0.05) is 29.8 Å². The fourth-order valence-corrected chi connectivity index (χ4v) is 2.41. The maximum Gasteiger partial charge on any atom is 0.280 e. The second-order valence-electron chi connectivity index (χ2n) is 5.54. The Balaban J connectivity index is 1.72. The summed E-state index contributed by atoms with van der Waals surface area (Å²) in [7, 11) is 0. The molecule has 1 heterocycles. The Labute approximate surface area is 149 Å². The van der Waals surface area contributed by atoms with E-state index in [1.54, 1.807) is 48.5 Å². The van der Waals surface area contributed by atoms with Gasteiger partial charge in [0.15, 0.2) is 0 Å². The van der Waals surface area contributed by atoms with Crippen molar-refractivity contribution >= 4 is 17.8 Å². The van der Waals surface area contributed by atoms with Gasteiger partial charge < -0.3 is 4.42 Å². The van der Waals surface area contributed by atoms with Gasteiger partial charge in [0.05, 0.1) is 16.7 Å².